The number of aryl methyl sites for hydroxylation is 1. The van der Waals surface area contributed by atoms with E-state index in [-0.39, 0.29) is 11.8 Å². The molecule has 1 aliphatic heterocycles. The summed E-state index contributed by atoms with van der Waals surface area (Å²) in [6.07, 6.45) is 1.23. The minimum absolute atomic E-state index is 0.0116. The van der Waals surface area contributed by atoms with Gasteiger partial charge in [-0.05, 0) is 30.7 Å². The average molecular weight is 354 g/mol. The van der Waals surface area contributed by atoms with Crippen molar-refractivity contribution in [3.05, 3.63) is 53.9 Å². The maximum Gasteiger partial charge on any atom is 0.253 e. The largest absolute Gasteiger partial charge is 0.348 e. The summed E-state index contributed by atoms with van der Waals surface area (Å²) in [6.45, 7) is 8.35. The first-order valence-corrected chi connectivity index (χ1v) is 8.49. The summed E-state index contributed by atoms with van der Waals surface area (Å²) in [7, 11) is 0. The van der Waals surface area contributed by atoms with Crippen molar-refractivity contribution in [1.82, 2.24) is 25.4 Å². The maximum absolute atomic E-state index is 12.7. The third-order valence-electron chi connectivity index (χ3n) is 4.29. The number of anilines is 1. The number of hydrogen-bond donors (Lipinski definition) is 2. The first kappa shape index (κ1) is 17.7. The highest BCUT2D eigenvalue weighted by Gasteiger charge is 2.23. The summed E-state index contributed by atoms with van der Waals surface area (Å²) in [5, 5.41) is 9.71. The summed E-state index contributed by atoms with van der Waals surface area (Å²) in [5.74, 6) is 1.26. The smallest absolute Gasteiger partial charge is 0.253 e. The zero-order chi connectivity index (χ0) is 18.5. The minimum Gasteiger partial charge on any atom is -0.348 e. The van der Waals surface area contributed by atoms with Gasteiger partial charge in [0.25, 0.3) is 5.91 Å². The van der Waals surface area contributed by atoms with E-state index in [0.717, 1.165) is 11.4 Å². The van der Waals surface area contributed by atoms with Crippen molar-refractivity contribution in [2.24, 2.45) is 0 Å². The summed E-state index contributed by atoms with van der Waals surface area (Å²) >= 11 is 0. The molecule has 1 aliphatic rings. The maximum atomic E-state index is 12.7. The molecule has 0 bridgehead atoms. The molecular weight excluding hydrogens is 332 g/mol. The first-order chi connectivity index (χ1) is 12.6. The number of benzene rings is 1. The Morgan fingerprint density at radius 1 is 1.23 bits per heavy atom. The number of amides is 2. The third kappa shape index (κ3) is 4.08. The number of hydrogen-bond acceptors (Lipinski definition) is 5. The molecule has 3 rings (SSSR count). The van der Waals surface area contributed by atoms with Crippen LogP contribution in [0.5, 0.6) is 0 Å². The zero-order valence-electron chi connectivity index (χ0n) is 14.7. The van der Waals surface area contributed by atoms with E-state index >= 15 is 0 Å². The summed E-state index contributed by atoms with van der Waals surface area (Å²) in [6, 6.07) is 7.29. The predicted molar refractivity (Wildman–Crippen MR) is 97.7 cm³/mol. The van der Waals surface area contributed by atoms with Crippen molar-refractivity contribution in [2.45, 2.75) is 13.5 Å². The van der Waals surface area contributed by atoms with Crippen LogP contribution in [-0.4, -0.2) is 58.1 Å². The fourth-order valence-corrected chi connectivity index (χ4v) is 2.79. The lowest BCUT2D eigenvalue weighted by Crippen LogP contribution is -2.49. The number of piperazine rings is 1. The highest BCUT2D eigenvalue weighted by Crippen LogP contribution is 2.14. The summed E-state index contributed by atoms with van der Waals surface area (Å²) < 4.78 is 0. The van der Waals surface area contributed by atoms with Crippen LogP contribution < -0.4 is 10.2 Å². The summed E-state index contributed by atoms with van der Waals surface area (Å²) in [5.41, 5.74) is 1.58. The van der Waals surface area contributed by atoms with Crippen molar-refractivity contribution in [1.29, 1.82) is 0 Å². The van der Waals surface area contributed by atoms with Gasteiger partial charge >= 0.3 is 0 Å². The molecular formula is C18H22N6O2. The van der Waals surface area contributed by atoms with Gasteiger partial charge in [0.05, 0.1) is 0 Å². The quantitative estimate of drug-likeness (QED) is 0.778. The predicted octanol–water partition coefficient (Wildman–Crippen LogP) is 0.878. The molecule has 8 heteroatoms. The van der Waals surface area contributed by atoms with Gasteiger partial charge < -0.3 is 15.1 Å². The highest BCUT2D eigenvalue weighted by atomic mass is 16.2. The Morgan fingerprint density at radius 2 is 1.92 bits per heavy atom. The zero-order valence-corrected chi connectivity index (χ0v) is 14.7. The van der Waals surface area contributed by atoms with Crippen LogP contribution >= 0.6 is 0 Å². The Bertz CT molecular complexity index is 790. The Balaban J connectivity index is 1.54. The van der Waals surface area contributed by atoms with Crippen LogP contribution in [0, 0.1) is 6.92 Å². The topological polar surface area (TPSA) is 94.2 Å². The Labute approximate surface area is 151 Å². The number of carbonyl (C=O) groups excluding carboxylic acids is 2. The monoisotopic (exact) mass is 354 g/mol. The second-order valence-electron chi connectivity index (χ2n) is 6.12. The van der Waals surface area contributed by atoms with E-state index < -0.39 is 0 Å². The van der Waals surface area contributed by atoms with Crippen molar-refractivity contribution >= 4 is 17.8 Å². The van der Waals surface area contributed by atoms with E-state index in [4.69, 9.17) is 0 Å². The van der Waals surface area contributed by atoms with Crippen LogP contribution in [0.2, 0.25) is 0 Å². The molecule has 0 spiro atoms. The van der Waals surface area contributed by atoms with Gasteiger partial charge in [0.2, 0.25) is 11.9 Å². The highest BCUT2D eigenvalue weighted by molar-refractivity contribution is 5.94. The molecule has 2 amide bonds. The number of aromatic amines is 1. The summed E-state index contributed by atoms with van der Waals surface area (Å²) in [4.78, 5) is 32.1. The van der Waals surface area contributed by atoms with Gasteiger partial charge in [-0.2, -0.15) is 4.98 Å². The van der Waals surface area contributed by atoms with E-state index in [1.807, 2.05) is 24.0 Å². The Morgan fingerprint density at radius 3 is 2.50 bits per heavy atom. The number of nitrogens with zero attached hydrogens (tertiary/aromatic N) is 4. The first-order valence-electron chi connectivity index (χ1n) is 8.49. The van der Waals surface area contributed by atoms with Crippen molar-refractivity contribution < 1.29 is 9.59 Å². The molecule has 0 aliphatic carbocycles. The standard InChI is InChI=1S/C18H22N6O2/c1-3-16(25)19-12-14-4-6-15(7-5-14)17(26)23-8-10-24(11-9-23)18-20-13(2)21-22-18/h3-7H,1,8-12H2,2H3,(H,19,25)(H,20,21,22). The molecule has 136 valence electrons. The number of carbonyl (C=O) groups is 2. The van der Waals surface area contributed by atoms with Crippen molar-refractivity contribution in [3.63, 3.8) is 0 Å². The molecule has 0 atom stereocenters. The molecule has 1 fully saturated rings. The van der Waals surface area contributed by atoms with Gasteiger partial charge in [0.1, 0.15) is 5.82 Å². The number of nitrogens with one attached hydrogen (secondary N) is 2. The molecule has 0 unspecified atom stereocenters. The fraction of sp³-hybridized carbons (Fsp3) is 0.333. The molecule has 2 aromatic rings. The molecule has 0 saturated carbocycles. The lowest BCUT2D eigenvalue weighted by Gasteiger charge is -2.34. The van der Waals surface area contributed by atoms with Crippen molar-refractivity contribution in [2.75, 3.05) is 31.1 Å². The van der Waals surface area contributed by atoms with Gasteiger partial charge in [0.15, 0.2) is 0 Å². The lowest BCUT2D eigenvalue weighted by atomic mass is 10.1. The van der Waals surface area contributed by atoms with Gasteiger partial charge in [0, 0.05) is 38.3 Å². The normalized spacial score (nSPS) is 14.2. The van der Waals surface area contributed by atoms with Gasteiger partial charge in [-0.25, -0.2) is 0 Å². The number of aromatic nitrogens is 3. The van der Waals surface area contributed by atoms with Gasteiger partial charge in [-0.3, -0.25) is 14.7 Å². The molecule has 26 heavy (non-hydrogen) atoms. The second kappa shape index (κ2) is 7.81. The Kier molecular flexibility index (Phi) is 5.31. The molecule has 1 saturated heterocycles. The van der Waals surface area contributed by atoms with Crippen LogP contribution in [-0.2, 0) is 11.3 Å². The molecule has 0 radical (unpaired) electrons. The van der Waals surface area contributed by atoms with Gasteiger partial charge in [-0.15, -0.1) is 5.10 Å². The lowest BCUT2D eigenvalue weighted by molar-refractivity contribution is -0.116. The molecule has 8 nitrogen and oxygen atoms in total. The van der Waals surface area contributed by atoms with E-state index in [2.05, 4.69) is 32.0 Å². The molecule has 1 aromatic heterocycles. The van der Waals surface area contributed by atoms with E-state index in [9.17, 15) is 9.59 Å². The number of H-pyrrole nitrogens is 1. The molecule has 2 N–H and O–H groups in total. The third-order valence-corrected chi connectivity index (χ3v) is 4.29. The minimum atomic E-state index is -0.218. The van der Waals surface area contributed by atoms with E-state index in [0.29, 0.717) is 44.2 Å². The van der Waals surface area contributed by atoms with Crippen molar-refractivity contribution in [3.8, 4) is 0 Å². The number of rotatable bonds is 5. The van der Waals surface area contributed by atoms with Crippen LogP contribution in [0.4, 0.5) is 5.95 Å². The Hall–Kier alpha value is -3.16. The van der Waals surface area contributed by atoms with E-state index in [1.54, 1.807) is 12.1 Å². The SMILES string of the molecule is C=CC(=O)NCc1ccc(C(=O)N2CCN(c3n[nH]c(C)n3)CC2)cc1. The second-order valence-corrected chi connectivity index (χ2v) is 6.12. The van der Waals surface area contributed by atoms with Crippen LogP contribution in [0.15, 0.2) is 36.9 Å². The van der Waals surface area contributed by atoms with Crippen LogP contribution in [0.25, 0.3) is 0 Å². The van der Waals surface area contributed by atoms with Crippen LogP contribution in [0.3, 0.4) is 0 Å². The van der Waals surface area contributed by atoms with Gasteiger partial charge in [-0.1, -0.05) is 18.7 Å². The molecule has 1 aromatic carbocycles. The molecule has 2 heterocycles. The van der Waals surface area contributed by atoms with E-state index in [1.165, 1.54) is 6.08 Å². The van der Waals surface area contributed by atoms with Crippen LogP contribution in [0.1, 0.15) is 21.7 Å². The fourth-order valence-electron chi connectivity index (χ4n) is 2.79. The average Bonchev–Trinajstić information content (AvgIpc) is 3.12.